The molecule has 3 nitrogen and oxygen atoms in total. The quantitative estimate of drug-likeness (QED) is 0.762. The molecule has 1 aromatic rings. The molecule has 94 valence electrons. The van der Waals surface area contributed by atoms with Gasteiger partial charge < -0.3 is 10.2 Å². The Morgan fingerprint density at radius 1 is 1.29 bits per heavy atom. The van der Waals surface area contributed by atoms with Gasteiger partial charge in [-0.15, -0.1) is 0 Å². The minimum atomic E-state index is 1.02. The Kier molecular flexibility index (Phi) is 4.37. The fourth-order valence-corrected chi connectivity index (χ4v) is 2.41. The van der Waals surface area contributed by atoms with Crippen LogP contribution >= 0.6 is 0 Å². The average Bonchev–Trinajstić information content (AvgIpc) is 2.82. The molecule has 1 aliphatic carbocycles. The zero-order chi connectivity index (χ0) is 12.1. The zero-order valence-corrected chi connectivity index (χ0v) is 11.0. The lowest BCUT2D eigenvalue weighted by Crippen LogP contribution is -2.32. The van der Waals surface area contributed by atoms with Crippen molar-refractivity contribution in [3.63, 3.8) is 0 Å². The van der Waals surface area contributed by atoms with E-state index in [1.54, 1.807) is 0 Å². The summed E-state index contributed by atoms with van der Waals surface area (Å²) in [4.78, 5) is 7.15. The summed E-state index contributed by atoms with van der Waals surface area (Å²) < 4.78 is 0. The Bertz CT molecular complexity index is 362. The first-order valence-electron chi connectivity index (χ1n) is 6.79. The number of likely N-dealkylation sites (N-methyl/N-ethyl adjacent to an activating group) is 2. The normalized spacial score (nSPS) is 13.8. The molecule has 0 saturated heterocycles. The van der Waals surface area contributed by atoms with E-state index in [9.17, 15) is 0 Å². The van der Waals surface area contributed by atoms with Gasteiger partial charge in [0.05, 0.1) is 0 Å². The Balaban J connectivity index is 2.03. The summed E-state index contributed by atoms with van der Waals surface area (Å²) in [6.45, 7) is 8.47. The average molecular weight is 233 g/mol. The van der Waals surface area contributed by atoms with Crippen molar-refractivity contribution in [1.29, 1.82) is 0 Å². The lowest BCUT2D eigenvalue weighted by molar-refractivity contribution is 0.683. The molecular weight excluding hydrogens is 210 g/mol. The fraction of sp³-hybridized carbons (Fsp3) is 0.643. The third-order valence-corrected chi connectivity index (χ3v) is 3.43. The molecular formula is C14H23N3. The largest absolute Gasteiger partial charge is 0.356 e. The molecule has 0 amide bonds. The molecule has 17 heavy (non-hydrogen) atoms. The molecule has 3 heteroatoms. The number of fused-ring (bicyclic) bond motifs is 1. The topological polar surface area (TPSA) is 28.2 Å². The second-order valence-corrected chi connectivity index (χ2v) is 4.56. The number of hydrogen-bond donors (Lipinski definition) is 1. The van der Waals surface area contributed by atoms with Crippen molar-refractivity contribution in [1.82, 2.24) is 10.3 Å². The van der Waals surface area contributed by atoms with E-state index in [-0.39, 0.29) is 0 Å². The summed E-state index contributed by atoms with van der Waals surface area (Å²) in [5.41, 5.74) is 2.78. The number of nitrogens with one attached hydrogen (secondary N) is 1. The van der Waals surface area contributed by atoms with Crippen LogP contribution in [0.1, 0.15) is 31.5 Å². The number of aromatic nitrogens is 1. The highest BCUT2D eigenvalue weighted by atomic mass is 15.2. The molecule has 0 saturated carbocycles. The highest BCUT2D eigenvalue weighted by Crippen LogP contribution is 2.23. The molecule has 1 heterocycles. The van der Waals surface area contributed by atoms with Gasteiger partial charge in [-0.05, 0) is 44.4 Å². The monoisotopic (exact) mass is 233 g/mol. The van der Waals surface area contributed by atoms with Crippen LogP contribution in [0.4, 0.5) is 5.82 Å². The van der Waals surface area contributed by atoms with Crippen LogP contribution in [0.3, 0.4) is 0 Å². The standard InChI is InChI=1S/C14H23N3/c1-3-15-10-11-17(4-2)14-9-8-12-6-5-7-13(12)16-14/h8-9,15H,3-7,10-11H2,1-2H3. The second-order valence-electron chi connectivity index (χ2n) is 4.56. The number of pyridine rings is 1. The summed E-state index contributed by atoms with van der Waals surface area (Å²) in [6, 6.07) is 4.44. The smallest absolute Gasteiger partial charge is 0.128 e. The minimum absolute atomic E-state index is 1.02. The van der Waals surface area contributed by atoms with Gasteiger partial charge in [-0.1, -0.05) is 13.0 Å². The molecule has 0 bridgehead atoms. The molecule has 0 spiro atoms. The van der Waals surface area contributed by atoms with E-state index in [0.717, 1.165) is 38.4 Å². The Hall–Kier alpha value is -1.09. The Morgan fingerprint density at radius 3 is 2.94 bits per heavy atom. The van der Waals surface area contributed by atoms with E-state index in [1.807, 2.05) is 0 Å². The van der Waals surface area contributed by atoms with Crippen molar-refractivity contribution in [3.05, 3.63) is 23.4 Å². The first-order valence-corrected chi connectivity index (χ1v) is 6.79. The van der Waals surface area contributed by atoms with Crippen molar-refractivity contribution in [2.45, 2.75) is 33.1 Å². The maximum Gasteiger partial charge on any atom is 0.128 e. The van der Waals surface area contributed by atoms with Gasteiger partial charge in [-0.25, -0.2) is 4.98 Å². The number of rotatable bonds is 6. The summed E-state index contributed by atoms with van der Waals surface area (Å²) in [5, 5.41) is 3.37. The number of hydrogen-bond acceptors (Lipinski definition) is 3. The molecule has 1 aromatic heterocycles. The zero-order valence-electron chi connectivity index (χ0n) is 11.0. The highest BCUT2D eigenvalue weighted by molar-refractivity contribution is 5.43. The van der Waals surface area contributed by atoms with E-state index in [2.05, 4.69) is 36.2 Å². The van der Waals surface area contributed by atoms with Crippen molar-refractivity contribution in [2.75, 3.05) is 31.1 Å². The van der Waals surface area contributed by atoms with Crippen molar-refractivity contribution < 1.29 is 0 Å². The van der Waals surface area contributed by atoms with E-state index in [0.29, 0.717) is 0 Å². The van der Waals surface area contributed by atoms with Gasteiger partial charge in [0.2, 0.25) is 0 Å². The third kappa shape index (κ3) is 2.97. The van der Waals surface area contributed by atoms with Crippen LogP contribution in [-0.2, 0) is 12.8 Å². The van der Waals surface area contributed by atoms with Gasteiger partial charge in [-0.3, -0.25) is 0 Å². The van der Waals surface area contributed by atoms with Gasteiger partial charge in [0.15, 0.2) is 0 Å². The molecule has 0 unspecified atom stereocenters. The lowest BCUT2D eigenvalue weighted by atomic mass is 10.2. The van der Waals surface area contributed by atoms with Crippen LogP contribution in [0.5, 0.6) is 0 Å². The molecule has 0 radical (unpaired) electrons. The van der Waals surface area contributed by atoms with Crippen LogP contribution in [0, 0.1) is 0 Å². The Labute approximate surface area is 104 Å². The van der Waals surface area contributed by atoms with Gasteiger partial charge in [0, 0.05) is 25.3 Å². The number of aryl methyl sites for hydroxylation is 2. The van der Waals surface area contributed by atoms with E-state index >= 15 is 0 Å². The molecule has 0 aromatic carbocycles. The fourth-order valence-electron chi connectivity index (χ4n) is 2.41. The van der Waals surface area contributed by atoms with Crippen molar-refractivity contribution in [3.8, 4) is 0 Å². The van der Waals surface area contributed by atoms with E-state index < -0.39 is 0 Å². The summed E-state index contributed by atoms with van der Waals surface area (Å²) in [6.07, 6.45) is 3.65. The predicted molar refractivity (Wildman–Crippen MR) is 72.7 cm³/mol. The first kappa shape index (κ1) is 12.4. The van der Waals surface area contributed by atoms with Crippen LogP contribution < -0.4 is 10.2 Å². The first-order chi connectivity index (χ1) is 8.35. The maximum atomic E-state index is 4.80. The minimum Gasteiger partial charge on any atom is -0.356 e. The number of anilines is 1. The van der Waals surface area contributed by atoms with Gasteiger partial charge >= 0.3 is 0 Å². The second kappa shape index (κ2) is 6.01. The molecule has 0 fully saturated rings. The molecule has 1 N–H and O–H groups in total. The van der Waals surface area contributed by atoms with Gasteiger partial charge in [-0.2, -0.15) is 0 Å². The predicted octanol–water partition coefficient (Wildman–Crippen LogP) is 2.01. The molecule has 1 aliphatic rings. The van der Waals surface area contributed by atoms with Crippen LogP contribution in [-0.4, -0.2) is 31.2 Å². The van der Waals surface area contributed by atoms with Crippen LogP contribution in [0.15, 0.2) is 12.1 Å². The Morgan fingerprint density at radius 2 is 2.18 bits per heavy atom. The number of nitrogens with zero attached hydrogens (tertiary/aromatic N) is 2. The van der Waals surface area contributed by atoms with Gasteiger partial charge in [0.1, 0.15) is 5.82 Å². The summed E-state index contributed by atoms with van der Waals surface area (Å²) >= 11 is 0. The maximum absolute atomic E-state index is 4.80. The highest BCUT2D eigenvalue weighted by Gasteiger charge is 2.14. The van der Waals surface area contributed by atoms with Crippen molar-refractivity contribution >= 4 is 5.82 Å². The van der Waals surface area contributed by atoms with E-state index in [1.165, 1.54) is 24.1 Å². The van der Waals surface area contributed by atoms with Crippen molar-refractivity contribution in [2.24, 2.45) is 0 Å². The SMILES string of the molecule is CCNCCN(CC)c1ccc2c(n1)CCC2. The lowest BCUT2D eigenvalue weighted by Gasteiger charge is -2.22. The molecule has 0 atom stereocenters. The van der Waals surface area contributed by atoms with Gasteiger partial charge in [0.25, 0.3) is 0 Å². The molecule has 2 rings (SSSR count). The summed E-state index contributed by atoms with van der Waals surface area (Å²) in [7, 11) is 0. The molecule has 0 aliphatic heterocycles. The summed E-state index contributed by atoms with van der Waals surface area (Å²) in [5.74, 6) is 1.14. The third-order valence-electron chi connectivity index (χ3n) is 3.43. The van der Waals surface area contributed by atoms with Crippen LogP contribution in [0.2, 0.25) is 0 Å². The van der Waals surface area contributed by atoms with Crippen LogP contribution in [0.25, 0.3) is 0 Å². The van der Waals surface area contributed by atoms with E-state index in [4.69, 9.17) is 4.98 Å².